The normalized spacial score (nSPS) is 21.8. The van der Waals surface area contributed by atoms with Crippen molar-refractivity contribution in [3.05, 3.63) is 32.2 Å². The quantitative estimate of drug-likeness (QED) is 0.882. The molecule has 0 aliphatic carbocycles. The molecule has 1 N–H and O–H groups in total. The summed E-state index contributed by atoms with van der Waals surface area (Å²) in [7, 11) is 2.02. The van der Waals surface area contributed by atoms with Crippen molar-refractivity contribution in [1.29, 1.82) is 0 Å². The van der Waals surface area contributed by atoms with E-state index in [1.54, 1.807) is 0 Å². The summed E-state index contributed by atoms with van der Waals surface area (Å²) in [6.07, 6.45) is 1.13. The molecule has 0 radical (unpaired) electrons. The Balaban J connectivity index is 2.32. The van der Waals surface area contributed by atoms with Crippen molar-refractivity contribution in [2.45, 2.75) is 19.4 Å². The second-order valence-electron chi connectivity index (χ2n) is 4.51. The Labute approximate surface area is 119 Å². The van der Waals surface area contributed by atoms with Crippen LogP contribution in [0, 0.1) is 12.8 Å². The molecule has 2 nitrogen and oxygen atoms in total. The molecule has 1 fully saturated rings. The topological polar surface area (TPSA) is 21.3 Å². The van der Waals surface area contributed by atoms with Crippen LogP contribution >= 0.6 is 31.9 Å². The van der Waals surface area contributed by atoms with Gasteiger partial charge < -0.3 is 10.1 Å². The van der Waals surface area contributed by atoms with E-state index in [1.165, 1.54) is 15.6 Å². The Morgan fingerprint density at radius 1 is 1.35 bits per heavy atom. The van der Waals surface area contributed by atoms with E-state index in [2.05, 4.69) is 56.2 Å². The first-order valence-corrected chi connectivity index (χ1v) is 7.42. The summed E-state index contributed by atoms with van der Waals surface area (Å²) in [4.78, 5) is 0. The summed E-state index contributed by atoms with van der Waals surface area (Å²) in [5.74, 6) is 0.561. The Hall–Kier alpha value is 0.1000. The molecule has 1 heterocycles. The SMILES string of the molecule is CNC(c1cc(Br)c(C)cc1Br)C1CCOC1. The average molecular weight is 363 g/mol. The van der Waals surface area contributed by atoms with Gasteiger partial charge in [0.15, 0.2) is 0 Å². The maximum atomic E-state index is 5.49. The van der Waals surface area contributed by atoms with Crippen LogP contribution in [-0.4, -0.2) is 20.3 Å². The maximum Gasteiger partial charge on any atom is 0.0513 e. The Bertz CT molecular complexity index is 403. The van der Waals surface area contributed by atoms with Crippen molar-refractivity contribution in [1.82, 2.24) is 5.32 Å². The summed E-state index contributed by atoms with van der Waals surface area (Å²) in [5, 5.41) is 3.42. The molecule has 0 aromatic heterocycles. The van der Waals surface area contributed by atoms with Crippen molar-refractivity contribution >= 4 is 31.9 Å². The van der Waals surface area contributed by atoms with Crippen LogP contribution in [0.1, 0.15) is 23.6 Å². The van der Waals surface area contributed by atoms with Gasteiger partial charge >= 0.3 is 0 Å². The van der Waals surface area contributed by atoms with E-state index in [1.807, 2.05) is 7.05 Å². The highest BCUT2D eigenvalue weighted by Gasteiger charge is 2.27. The molecule has 0 amide bonds. The maximum absolute atomic E-state index is 5.49. The van der Waals surface area contributed by atoms with Gasteiger partial charge in [0, 0.05) is 27.5 Å². The molecule has 1 aliphatic heterocycles. The van der Waals surface area contributed by atoms with E-state index in [-0.39, 0.29) is 0 Å². The number of nitrogens with one attached hydrogen (secondary N) is 1. The van der Waals surface area contributed by atoms with E-state index < -0.39 is 0 Å². The summed E-state index contributed by atoms with van der Waals surface area (Å²) in [6.45, 7) is 3.84. The number of aryl methyl sites for hydroxylation is 1. The molecule has 1 aliphatic rings. The fraction of sp³-hybridized carbons (Fsp3) is 0.538. The van der Waals surface area contributed by atoms with Crippen molar-refractivity contribution in [2.75, 3.05) is 20.3 Å². The molecule has 2 unspecified atom stereocenters. The van der Waals surface area contributed by atoms with Crippen LogP contribution in [0.25, 0.3) is 0 Å². The fourth-order valence-electron chi connectivity index (χ4n) is 2.36. The number of hydrogen-bond acceptors (Lipinski definition) is 2. The number of hydrogen-bond donors (Lipinski definition) is 1. The zero-order chi connectivity index (χ0) is 12.4. The van der Waals surface area contributed by atoms with E-state index in [0.29, 0.717) is 12.0 Å². The number of benzene rings is 1. The van der Waals surface area contributed by atoms with Crippen LogP contribution in [0.3, 0.4) is 0 Å². The lowest BCUT2D eigenvalue weighted by atomic mass is 9.92. The first-order valence-electron chi connectivity index (χ1n) is 5.84. The lowest BCUT2D eigenvalue weighted by Gasteiger charge is -2.24. The van der Waals surface area contributed by atoms with E-state index in [9.17, 15) is 0 Å². The Kier molecular flexibility index (Phi) is 4.64. The third-order valence-corrected chi connectivity index (χ3v) is 4.90. The number of halogens is 2. The zero-order valence-corrected chi connectivity index (χ0v) is 13.3. The summed E-state index contributed by atoms with van der Waals surface area (Å²) in [6, 6.07) is 4.72. The fourth-order valence-corrected chi connectivity index (χ4v) is 3.43. The van der Waals surface area contributed by atoms with Crippen LogP contribution in [0.15, 0.2) is 21.1 Å². The minimum absolute atomic E-state index is 0.351. The molecule has 0 spiro atoms. The van der Waals surface area contributed by atoms with Gasteiger partial charge in [0.2, 0.25) is 0 Å². The highest BCUT2D eigenvalue weighted by molar-refractivity contribution is 9.11. The van der Waals surface area contributed by atoms with Gasteiger partial charge in [-0.3, -0.25) is 0 Å². The van der Waals surface area contributed by atoms with Gasteiger partial charge in [-0.2, -0.15) is 0 Å². The van der Waals surface area contributed by atoms with Crippen molar-refractivity contribution in [3.63, 3.8) is 0 Å². The molecular formula is C13H17Br2NO. The molecule has 0 bridgehead atoms. The predicted octanol–water partition coefficient (Wildman–Crippen LogP) is 3.82. The molecule has 17 heavy (non-hydrogen) atoms. The number of rotatable bonds is 3. The van der Waals surface area contributed by atoms with E-state index in [4.69, 9.17) is 4.74 Å². The molecule has 0 saturated carbocycles. The Morgan fingerprint density at radius 3 is 2.71 bits per heavy atom. The zero-order valence-electron chi connectivity index (χ0n) is 10.1. The molecular weight excluding hydrogens is 346 g/mol. The molecule has 2 atom stereocenters. The summed E-state index contributed by atoms with van der Waals surface area (Å²) < 4.78 is 7.82. The largest absolute Gasteiger partial charge is 0.381 e. The molecule has 4 heteroatoms. The number of ether oxygens (including phenoxy) is 1. The van der Waals surface area contributed by atoms with Crippen LogP contribution in [0.2, 0.25) is 0 Å². The molecule has 1 aromatic carbocycles. The smallest absolute Gasteiger partial charge is 0.0513 e. The molecule has 94 valence electrons. The second-order valence-corrected chi connectivity index (χ2v) is 6.22. The summed E-state index contributed by atoms with van der Waals surface area (Å²) >= 11 is 7.27. The van der Waals surface area contributed by atoms with Gasteiger partial charge in [0.25, 0.3) is 0 Å². The Morgan fingerprint density at radius 2 is 2.12 bits per heavy atom. The van der Waals surface area contributed by atoms with Crippen molar-refractivity contribution in [3.8, 4) is 0 Å². The van der Waals surface area contributed by atoms with Crippen LogP contribution < -0.4 is 5.32 Å². The molecule has 1 aromatic rings. The third kappa shape index (κ3) is 2.92. The van der Waals surface area contributed by atoms with Gasteiger partial charge in [-0.15, -0.1) is 0 Å². The highest BCUT2D eigenvalue weighted by atomic mass is 79.9. The van der Waals surface area contributed by atoms with Gasteiger partial charge in [-0.1, -0.05) is 31.9 Å². The standard InChI is InChI=1S/C13H17Br2NO/c1-8-5-12(15)10(6-11(8)14)13(16-2)9-3-4-17-7-9/h5-6,9,13,16H,3-4,7H2,1-2H3. The van der Waals surface area contributed by atoms with Crippen molar-refractivity contribution in [2.24, 2.45) is 5.92 Å². The summed E-state index contributed by atoms with van der Waals surface area (Å²) in [5.41, 5.74) is 2.55. The first kappa shape index (κ1) is 13.5. The predicted molar refractivity (Wildman–Crippen MR) is 77.3 cm³/mol. The lowest BCUT2D eigenvalue weighted by Crippen LogP contribution is -2.26. The van der Waals surface area contributed by atoms with Gasteiger partial charge in [-0.05, 0) is 43.7 Å². The minimum atomic E-state index is 0.351. The minimum Gasteiger partial charge on any atom is -0.381 e. The van der Waals surface area contributed by atoms with E-state index >= 15 is 0 Å². The van der Waals surface area contributed by atoms with Crippen LogP contribution in [0.5, 0.6) is 0 Å². The average Bonchev–Trinajstić information content (AvgIpc) is 2.80. The lowest BCUT2D eigenvalue weighted by molar-refractivity contribution is 0.177. The van der Waals surface area contributed by atoms with Gasteiger partial charge in [-0.25, -0.2) is 0 Å². The van der Waals surface area contributed by atoms with Gasteiger partial charge in [0.1, 0.15) is 0 Å². The molecule has 1 saturated heterocycles. The molecule has 2 rings (SSSR count). The second kappa shape index (κ2) is 5.83. The highest BCUT2D eigenvalue weighted by Crippen LogP contribution is 2.35. The van der Waals surface area contributed by atoms with E-state index in [0.717, 1.165) is 24.1 Å². The van der Waals surface area contributed by atoms with Crippen LogP contribution in [0.4, 0.5) is 0 Å². The van der Waals surface area contributed by atoms with Crippen molar-refractivity contribution < 1.29 is 4.74 Å². The van der Waals surface area contributed by atoms with Gasteiger partial charge in [0.05, 0.1) is 6.61 Å². The van der Waals surface area contributed by atoms with Crippen LogP contribution in [-0.2, 0) is 4.74 Å². The monoisotopic (exact) mass is 361 g/mol. The first-order chi connectivity index (χ1) is 8.13. The third-order valence-electron chi connectivity index (χ3n) is 3.36.